The average molecular weight is 410 g/mol. The van der Waals surface area contributed by atoms with Gasteiger partial charge in [-0.15, -0.1) is 0 Å². The number of carbonyl (C=O) groups excluding carboxylic acids is 1. The van der Waals surface area contributed by atoms with Crippen molar-refractivity contribution in [3.63, 3.8) is 0 Å². The Labute approximate surface area is 174 Å². The molecule has 2 N–H and O–H groups in total. The van der Waals surface area contributed by atoms with E-state index in [4.69, 9.17) is 16.3 Å². The van der Waals surface area contributed by atoms with Crippen molar-refractivity contribution in [1.29, 1.82) is 0 Å². The number of carbonyl (C=O) groups is 1. The van der Waals surface area contributed by atoms with Crippen molar-refractivity contribution in [1.82, 2.24) is 9.78 Å². The van der Waals surface area contributed by atoms with Crippen molar-refractivity contribution in [2.75, 3.05) is 5.32 Å². The van der Waals surface area contributed by atoms with Gasteiger partial charge in [-0.25, -0.2) is 4.68 Å². The molecular weight excluding hydrogens is 389 g/mol. The van der Waals surface area contributed by atoms with Crippen molar-refractivity contribution in [3.8, 4) is 5.69 Å². The molecule has 2 aromatic carbocycles. The van der Waals surface area contributed by atoms with Crippen LogP contribution in [0.1, 0.15) is 42.3 Å². The molecule has 1 aliphatic heterocycles. The Hall–Kier alpha value is -2.61. The minimum absolute atomic E-state index is 0.330. The predicted molar refractivity (Wildman–Crippen MR) is 114 cm³/mol. The maximum absolute atomic E-state index is 12.7. The molecule has 8 heteroatoms. The maximum atomic E-state index is 12.7. The molecule has 0 spiro atoms. The zero-order valence-corrected chi connectivity index (χ0v) is 17.2. The molecule has 2 heterocycles. The summed E-state index contributed by atoms with van der Waals surface area (Å²) in [5.41, 5.74) is 3.81. The van der Waals surface area contributed by atoms with Crippen molar-refractivity contribution in [3.05, 3.63) is 70.5 Å². The van der Waals surface area contributed by atoms with E-state index in [1.807, 2.05) is 32.3 Å². The molecule has 1 amide bonds. The van der Waals surface area contributed by atoms with Crippen LogP contribution in [0.2, 0.25) is 5.02 Å². The molecule has 0 bridgehead atoms. The van der Waals surface area contributed by atoms with Gasteiger partial charge in [-0.2, -0.15) is 5.10 Å². The zero-order valence-electron chi connectivity index (χ0n) is 16.4. The number of amides is 1. The Kier molecular flexibility index (Phi) is 4.98. The molecule has 0 radical (unpaired) electrons. The Balaban J connectivity index is 1.55. The van der Waals surface area contributed by atoms with E-state index in [0.29, 0.717) is 21.7 Å². The lowest BCUT2D eigenvalue weighted by molar-refractivity contribution is 0.101. The predicted octanol–water partition coefficient (Wildman–Crippen LogP) is 3.29. The van der Waals surface area contributed by atoms with Gasteiger partial charge in [0.05, 0.1) is 28.1 Å². The first-order valence-corrected chi connectivity index (χ1v) is 9.81. The molecule has 3 aromatic rings. The van der Waals surface area contributed by atoms with Crippen molar-refractivity contribution < 1.29 is 14.5 Å². The summed E-state index contributed by atoms with van der Waals surface area (Å²) in [7, 11) is -1.01. The average Bonchev–Trinajstić information content (AvgIpc) is 3.24. The fraction of sp³-hybridized carbons (Fsp3) is 0.238. The third kappa shape index (κ3) is 3.69. The number of aryl methyl sites for hydroxylation is 1. The molecule has 29 heavy (non-hydrogen) atoms. The second-order valence-electron chi connectivity index (χ2n) is 7.55. The van der Waals surface area contributed by atoms with Gasteiger partial charge in [0.1, 0.15) is 0 Å². The second kappa shape index (κ2) is 7.33. The van der Waals surface area contributed by atoms with E-state index in [9.17, 15) is 9.82 Å². The number of halogens is 1. The third-order valence-corrected chi connectivity index (χ3v) is 5.45. The summed E-state index contributed by atoms with van der Waals surface area (Å²) in [6, 6.07) is 10.6. The number of hydrogen-bond acceptors (Lipinski definition) is 4. The number of nitrogens with zero attached hydrogens (tertiary/aromatic N) is 2. The largest absolute Gasteiger partial charge is 0.492 e. The number of hydrogen-bond donors (Lipinski definition) is 2. The second-order valence-corrected chi connectivity index (χ2v) is 7.95. The van der Waals surface area contributed by atoms with E-state index in [-0.39, 0.29) is 5.91 Å². The summed E-state index contributed by atoms with van der Waals surface area (Å²) < 4.78 is 7.29. The van der Waals surface area contributed by atoms with Gasteiger partial charge in [-0.05, 0) is 67.2 Å². The van der Waals surface area contributed by atoms with Gasteiger partial charge in [0.25, 0.3) is 5.91 Å². The van der Waals surface area contributed by atoms with Crippen LogP contribution in [-0.4, -0.2) is 27.8 Å². The summed E-state index contributed by atoms with van der Waals surface area (Å²) in [4.78, 5) is 12.7. The van der Waals surface area contributed by atoms with Gasteiger partial charge in [0.2, 0.25) is 0 Å². The van der Waals surface area contributed by atoms with Crippen LogP contribution in [0.25, 0.3) is 5.69 Å². The minimum atomic E-state index is -1.01. The Morgan fingerprint density at radius 1 is 1.31 bits per heavy atom. The highest BCUT2D eigenvalue weighted by atomic mass is 35.5. The third-order valence-electron chi connectivity index (χ3n) is 5.14. The number of benzene rings is 2. The van der Waals surface area contributed by atoms with Gasteiger partial charge < -0.3 is 15.0 Å². The zero-order chi connectivity index (χ0) is 20.8. The van der Waals surface area contributed by atoms with Crippen LogP contribution in [0.3, 0.4) is 0 Å². The van der Waals surface area contributed by atoms with Crippen LogP contribution in [-0.2, 0) is 16.7 Å². The van der Waals surface area contributed by atoms with Gasteiger partial charge in [0.15, 0.2) is 0 Å². The van der Waals surface area contributed by atoms with Gasteiger partial charge in [-0.3, -0.25) is 4.79 Å². The number of fused-ring (bicyclic) bond motifs is 1. The summed E-state index contributed by atoms with van der Waals surface area (Å²) in [5, 5.41) is 17.6. The highest BCUT2D eigenvalue weighted by Gasteiger charge is 2.40. The minimum Gasteiger partial charge on any atom is -0.423 e. The molecule has 4 rings (SSSR count). The maximum Gasteiger partial charge on any atom is 0.492 e. The quantitative estimate of drug-likeness (QED) is 0.648. The van der Waals surface area contributed by atoms with Crippen LogP contribution in [0.15, 0.2) is 48.8 Å². The fourth-order valence-electron chi connectivity index (χ4n) is 3.51. The molecule has 0 saturated heterocycles. The fourth-order valence-corrected chi connectivity index (χ4v) is 3.77. The standard InChI is InChI=1S/C21H21BClN3O3/c1-4-13-11-24-26(12-13)15-6-7-16(19(23)10-15)20(27)25-14-5-8-17-18(9-14)22(28)29-21(17,2)3/h5-12,28H,4H2,1-3H3,(H,25,27). The number of nitrogens with one attached hydrogen (secondary N) is 1. The molecule has 0 saturated carbocycles. The first kappa shape index (κ1) is 19.7. The van der Waals surface area contributed by atoms with Gasteiger partial charge in [0, 0.05) is 11.9 Å². The lowest BCUT2D eigenvalue weighted by Crippen LogP contribution is -2.29. The topological polar surface area (TPSA) is 76.4 Å². The van der Waals surface area contributed by atoms with E-state index < -0.39 is 12.7 Å². The van der Waals surface area contributed by atoms with E-state index in [1.165, 1.54) is 0 Å². The van der Waals surface area contributed by atoms with Crippen molar-refractivity contribution >= 4 is 35.8 Å². The molecule has 0 unspecified atom stereocenters. The summed E-state index contributed by atoms with van der Waals surface area (Å²) >= 11 is 6.37. The first-order chi connectivity index (χ1) is 13.8. The van der Waals surface area contributed by atoms with Gasteiger partial charge >= 0.3 is 7.12 Å². The number of anilines is 1. The van der Waals surface area contributed by atoms with Gasteiger partial charge in [-0.1, -0.05) is 24.6 Å². The first-order valence-electron chi connectivity index (χ1n) is 9.43. The molecule has 0 atom stereocenters. The molecular formula is C21H21BClN3O3. The summed E-state index contributed by atoms with van der Waals surface area (Å²) in [6.45, 7) is 5.85. The van der Waals surface area contributed by atoms with Crippen LogP contribution >= 0.6 is 11.6 Å². The summed E-state index contributed by atoms with van der Waals surface area (Å²) in [5.74, 6) is -0.330. The van der Waals surface area contributed by atoms with Crippen LogP contribution in [0.5, 0.6) is 0 Å². The van der Waals surface area contributed by atoms with Crippen LogP contribution < -0.4 is 10.8 Å². The molecule has 0 aliphatic carbocycles. The van der Waals surface area contributed by atoms with Crippen molar-refractivity contribution in [2.24, 2.45) is 0 Å². The van der Waals surface area contributed by atoms with Crippen LogP contribution in [0.4, 0.5) is 5.69 Å². The Morgan fingerprint density at radius 3 is 2.79 bits per heavy atom. The van der Waals surface area contributed by atoms with E-state index in [1.54, 1.807) is 35.0 Å². The van der Waals surface area contributed by atoms with E-state index in [2.05, 4.69) is 17.3 Å². The molecule has 1 aromatic heterocycles. The monoisotopic (exact) mass is 409 g/mol. The normalized spacial score (nSPS) is 14.7. The molecule has 148 valence electrons. The number of rotatable bonds is 4. The van der Waals surface area contributed by atoms with E-state index >= 15 is 0 Å². The molecule has 0 fully saturated rings. The van der Waals surface area contributed by atoms with Crippen LogP contribution in [0, 0.1) is 0 Å². The highest BCUT2D eigenvalue weighted by molar-refractivity contribution is 6.62. The lowest BCUT2D eigenvalue weighted by Gasteiger charge is -2.19. The van der Waals surface area contributed by atoms with Crippen molar-refractivity contribution in [2.45, 2.75) is 32.8 Å². The lowest BCUT2D eigenvalue weighted by atomic mass is 9.78. The number of aromatic nitrogens is 2. The Morgan fingerprint density at radius 2 is 2.10 bits per heavy atom. The smallest absolute Gasteiger partial charge is 0.423 e. The SMILES string of the molecule is CCc1cnn(-c2ccc(C(=O)Nc3ccc4c(c3)B(O)OC4(C)C)c(Cl)c2)c1. The molecule has 1 aliphatic rings. The van der Waals surface area contributed by atoms with E-state index in [0.717, 1.165) is 23.2 Å². The highest BCUT2D eigenvalue weighted by Crippen LogP contribution is 2.31. The Bertz CT molecular complexity index is 1100. The summed E-state index contributed by atoms with van der Waals surface area (Å²) in [6.07, 6.45) is 4.64. The molecule has 6 nitrogen and oxygen atoms in total.